The van der Waals surface area contributed by atoms with Gasteiger partial charge in [0.25, 0.3) is 0 Å². The lowest BCUT2D eigenvalue weighted by Gasteiger charge is -2.11. The van der Waals surface area contributed by atoms with E-state index in [1.165, 1.54) is 18.4 Å². The van der Waals surface area contributed by atoms with Crippen LogP contribution in [0.25, 0.3) is 0 Å². The standard InChI is InChI=1S/C12H20N2/c1-3-14-11(2)5-4-6-12-7-9-13-10-8-12/h7-11,14H,3-6H2,1-2H3. The van der Waals surface area contributed by atoms with Crippen molar-refractivity contribution in [1.82, 2.24) is 10.3 Å². The Labute approximate surface area is 86.8 Å². The van der Waals surface area contributed by atoms with E-state index < -0.39 is 0 Å². The highest BCUT2D eigenvalue weighted by atomic mass is 14.9. The summed E-state index contributed by atoms with van der Waals surface area (Å²) in [7, 11) is 0. The van der Waals surface area contributed by atoms with Gasteiger partial charge in [0.15, 0.2) is 0 Å². The topological polar surface area (TPSA) is 24.9 Å². The maximum atomic E-state index is 4.01. The highest BCUT2D eigenvalue weighted by Crippen LogP contribution is 2.05. The number of aryl methyl sites for hydroxylation is 1. The number of hydrogen-bond acceptors (Lipinski definition) is 2. The van der Waals surface area contributed by atoms with Crippen molar-refractivity contribution < 1.29 is 0 Å². The summed E-state index contributed by atoms with van der Waals surface area (Å²) in [5.41, 5.74) is 1.39. The summed E-state index contributed by atoms with van der Waals surface area (Å²) in [6.45, 7) is 5.46. The zero-order valence-electron chi connectivity index (χ0n) is 9.16. The fourth-order valence-electron chi connectivity index (χ4n) is 1.61. The fourth-order valence-corrected chi connectivity index (χ4v) is 1.61. The molecule has 0 amide bonds. The van der Waals surface area contributed by atoms with Crippen LogP contribution in [0, 0.1) is 0 Å². The molecular weight excluding hydrogens is 172 g/mol. The lowest BCUT2D eigenvalue weighted by Crippen LogP contribution is -2.25. The van der Waals surface area contributed by atoms with Crippen molar-refractivity contribution in [2.75, 3.05) is 6.54 Å². The second kappa shape index (κ2) is 6.55. The molecule has 0 aliphatic heterocycles. The van der Waals surface area contributed by atoms with Gasteiger partial charge in [0.2, 0.25) is 0 Å². The average molecular weight is 192 g/mol. The molecule has 1 N–H and O–H groups in total. The maximum Gasteiger partial charge on any atom is 0.0270 e. The van der Waals surface area contributed by atoms with Gasteiger partial charge in [0.1, 0.15) is 0 Å². The first-order chi connectivity index (χ1) is 6.83. The largest absolute Gasteiger partial charge is 0.315 e. The lowest BCUT2D eigenvalue weighted by molar-refractivity contribution is 0.512. The molecule has 14 heavy (non-hydrogen) atoms. The van der Waals surface area contributed by atoms with Gasteiger partial charge in [-0.05, 0) is 50.4 Å². The van der Waals surface area contributed by atoms with Crippen LogP contribution in [0.5, 0.6) is 0 Å². The van der Waals surface area contributed by atoms with Crippen LogP contribution < -0.4 is 5.32 Å². The van der Waals surface area contributed by atoms with Crippen molar-refractivity contribution in [3.05, 3.63) is 30.1 Å². The van der Waals surface area contributed by atoms with E-state index >= 15 is 0 Å². The zero-order valence-corrected chi connectivity index (χ0v) is 9.16. The summed E-state index contributed by atoms with van der Waals surface area (Å²) in [5.74, 6) is 0. The molecule has 78 valence electrons. The Morgan fingerprint density at radius 2 is 2.07 bits per heavy atom. The van der Waals surface area contributed by atoms with Crippen molar-refractivity contribution in [1.29, 1.82) is 0 Å². The van der Waals surface area contributed by atoms with Gasteiger partial charge >= 0.3 is 0 Å². The Kier molecular flexibility index (Phi) is 5.23. The third-order valence-corrected chi connectivity index (χ3v) is 2.40. The summed E-state index contributed by atoms with van der Waals surface area (Å²) in [4.78, 5) is 4.01. The van der Waals surface area contributed by atoms with E-state index in [2.05, 4.69) is 36.3 Å². The van der Waals surface area contributed by atoms with Crippen molar-refractivity contribution in [3.8, 4) is 0 Å². The molecule has 2 heteroatoms. The van der Waals surface area contributed by atoms with Gasteiger partial charge in [0.05, 0.1) is 0 Å². The molecular formula is C12H20N2. The van der Waals surface area contributed by atoms with Crippen LogP contribution in [0.3, 0.4) is 0 Å². The van der Waals surface area contributed by atoms with Crippen molar-refractivity contribution >= 4 is 0 Å². The van der Waals surface area contributed by atoms with E-state index in [0.717, 1.165) is 13.0 Å². The zero-order chi connectivity index (χ0) is 10.2. The molecule has 0 fully saturated rings. The molecule has 2 nitrogen and oxygen atoms in total. The molecule has 0 aliphatic carbocycles. The third-order valence-electron chi connectivity index (χ3n) is 2.40. The van der Waals surface area contributed by atoms with E-state index in [0.29, 0.717) is 6.04 Å². The fraction of sp³-hybridized carbons (Fsp3) is 0.583. The third kappa shape index (κ3) is 4.38. The van der Waals surface area contributed by atoms with Crippen LogP contribution >= 0.6 is 0 Å². The minimum absolute atomic E-state index is 0.641. The minimum Gasteiger partial charge on any atom is -0.315 e. The number of nitrogens with one attached hydrogen (secondary N) is 1. The van der Waals surface area contributed by atoms with Gasteiger partial charge in [-0.15, -0.1) is 0 Å². The number of hydrogen-bond donors (Lipinski definition) is 1. The number of pyridine rings is 1. The van der Waals surface area contributed by atoms with Gasteiger partial charge in [-0.25, -0.2) is 0 Å². The summed E-state index contributed by atoms with van der Waals surface area (Å²) in [5, 5.41) is 3.42. The van der Waals surface area contributed by atoms with Crippen LogP contribution in [-0.4, -0.2) is 17.6 Å². The quantitative estimate of drug-likeness (QED) is 0.748. The van der Waals surface area contributed by atoms with Gasteiger partial charge in [-0.3, -0.25) is 4.98 Å². The minimum atomic E-state index is 0.641. The van der Waals surface area contributed by atoms with E-state index in [-0.39, 0.29) is 0 Å². The predicted molar refractivity (Wildman–Crippen MR) is 60.3 cm³/mol. The number of aromatic nitrogens is 1. The predicted octanol–water partition coefficient (Wildman–Crippen LogP) is 2.40. The van der Waals surface area contributed by atoms with Gasteiger partial charge in [-0.1, -0.05) is 6.92 Å². The second-order valence-corrected chi connectivity index (χ2v) is 3.71. The first-order valence-electron chi connectivity index (χ1n) is 5.45. The van der Waals surface area contributed by atoms with Crippen LogP contribution in [0.1, 0.15) is 32.3 Å². The van der Waals surface area contributed by atoms with Crippen LogP contribution in [0.15, 0.2) is 24.5 Å². The average Bonchev–Trinajstić information content (AvgIpc) is 2.20. The van der Waals surface area contributed by atoms with Crippen LogP contribution in [-0.2, 0) is 6.42 Å². The van der Waals surface area contributed by atoms with Crippen LogP contribution in [0.2, 0.25) is 0 Å². The molecule has 1 heterocycles. The second-order valence-electron chi connectivity index (χ2n) is 3.71. The molecule has 0 aromatic carbocycles. The Balaban J connectivity index is 2.16. The summed E-state index contributed by atoms with van der Waals surface area (Å²) in [6.07, 6.45) is 7.39. The Bertz CT molecular complexity index is 233. The highest BCUT2D eigenvalue weighted by molar-refractivity contribution is 5.09. The van der Waals surface area contributed by atoms with Gasteiger partial charge in [-0.2, -0.15) is 0 Å². The summed E-state index contributed by atoms with van der Waals surface area (Å²) in [6, 6.07) is 4.83. The molecule has 0 bridgehead atoms. The smallest absolute Gasteiger partial charge is 0.0270 e. The van der Waals surface area contributed by atoms with Crippen molar-refractivity contribution in [2.45, 2.75) is 39.2 Å². The highest BCUT2D eigenvalue weighted by Gasteiger charge is 1.99. The Morgan fingerprint density at radius 3 is 2.71 bits per heavy atom. The van der Waals surface area contributed by atoms with E-state index in [1.54, 1.807) is 0 Å². The summed E-state index contributed by atoms with van der Waals surface area (Å²) >= 11 is 0. The molecule has 0 radical (unpaired) electrons. The normalized spacial score (nSPS) is 12.7. The number of nitrogens with zero attached hydrogens (tertiary/aromatic N) is 1. The molecule has 1 atom stereocenters. The van der Waals surface area contributed by atoms with E-state index in [4.69, 9.17) is 0 Å². The SMILES string of the molecule is CCNC(C)CCCc1ccncc1. The molecule has 0 saturated carbocycles. The van der Waals surface area contributed by atoms with Gasteiger partial charge in [0, 0.05) is 18.4 Å². The molecule has 0 spiro atoms. The maximum absolute atomic E-state index is 4.01. The van der Waals surface area contributed by atoms with Crippen molar-refractivity contribution in [2.24, 2.45) is 0 Å². The van der Waals surface area contributed by atoms with Crippen molar-refractivity contribution in [3.63, 3.8) is 0 Å². The first kappa shape index (κ1) is 11.2. The first-order valence-corrected chi connectivity index (χ1v) is 5.45. The molecule has 1 aromatic rings. The van der Waals surface area contributed by atoms with E-state index in [9.17, 15) is 0 Å². The Morgan fingerprint density at radius 1 is 1.36 bits per heavy atom. The molecule has 0 aliphatic rings. The van der Waals surface area contributed by atoms with E-state index in [1.807, 2.05) is 12.4 Å². The number of rotatable bonds is 6. The molecule has 1 rings (SSSR count). The van der Waals surface area contributed by atoms with Crippen LogP contribution in [0.4, 0.5) is 0 Å². The summed E-state index contributed by atoms with van der Waals surface area (Å²) < 4.78 is 0. The Hall–Kier alpha value is -0.890. The molecule has 1 aromatic heterocycles. The molecule has 0 saturated heterocycles. The monoisotopic (exact) mass is 192 g/mol. The van der Waals surface area contributed by atoms with Gasteiger partial charge < -0.3 is 5.32 Å². The molecule has 1 unspecified atom stereocenters. The lowest BCUT2D eigenvalue weighted by atomic mass is 10.1.